The highest BCUT2D eigenvalue weighted by Crippen LogP contribution is 2.10. The molecule has 0 aliphatic carbocycles. The maximum absolute atomic E-state index is 11.5. The zero-order chi connectivity index (χ0) is 14.5. The van der Waals surface area contributed by atoms with Crippen LogP contribution in [0.4, 0.5) is 5.95 Å². The van der Waals surface area contributed by atoms with Crippen molar-refractivity contribution in [3.63, 3.8) is 0 Å². The van der Waals surface area contributed by atoms with Crippen LogP contribution in [0.1, 0.15) is 29.5 Å². The Bertz CT molecular complexity index is 607. The predicted octanol–water partition coefficient (Wildman–Crippen LogP) is 1.15. The Kier molecular flexibility index (Phi) is 4.29. The number of rotatable bonds is 5. The van der Waals surface area contributed by atoms with Crippen LogP contribution in [0.5, 0.6) is 0 Å². The summed E-state index contributed by atoms with van der Waals surface area (Å²) in [5.74, 6) is 0.976. The second kappa shape index (κ2) is 6.14. The van der Waals surface area contributed by atoms with Gasteiger partial charge >= 0.3 is 0 Å². The van der Waals surface area contributed by atoms with E-state index in [-0.39, 0.29) is 5.91 Å². The van der Waals surface area contributed by atoms with Crippen LogP contribution in [0, 0.1) is 6.92 Å². The summed E-state index contributed by atoms with van der Waals surface area (Å²) in [6, 6.07) is 3.47. The first-order valence-electron chi connectivity index (χ1n) is 6.51. The molecule has 0 radical (unpaired) electrons. The number of aromatic nitrogens is 4. The number of nitrogens with one attached hydrogen (secondary N) is 2. The Balaban J connectivity index is 2.29. The van der Waals surface area contributed by atoms with Gasteiger partial charge in [-0.3, -0.25) is 4.79 Å². The lowest BCUT2D eigenvalue weighted by Gasteiger charge is -2.07. The maximum Gasteiger partial charge on any atom is 0.271 e. The minimum atomic E-state index is -0.223. The molecule has 106 valence electrons. The van der Waals surface area contributed by atoms with Crippen molar-refractivity contribution in [2.45, 2.75) is 20.3 Å². The van der Waals surface area contributed by atoms with Crippen LogP contribution >= 0.6 is 0 Å². The molecule has 7 heteroatoms. The summed E-state index contributed by atoms with van der Waals surface area (Å²) >= 11 is 0. The maximum atomic E-state index is 11.5. The largest absolute Gasteiger partial charge is 0.354 e. The molecular weight excluding hydrogens is 256 g/mol. The molecule has 0 saturated heterocycles. The first-order valence-corrected chi connectivity index (χ1v) is 6.51. The summed E-state index contributed by atoms with van der Waals surface area (Å²) < 4.78 is 1.57. The summed E-state index contributed by atoms with van der Waals surface area (Å²) in [5, 5.41) is 9.88. The molecule has 2 aromatic heterocycles. The Morgan fingerprint density at radius 2 is 2.20 bits per heavy atom. The van der Waals surface area contributed by atoms with Crippen molar-refractivity contribution in [1.29, 1.82) is 0 Å². The molecule has 0 aliphatic rings. The Labute approximate surface area is 117 Å². The summed E-state index contributed by atoms with van der Waals surface area (Å²) in [7, 11) is 1.57. The molecule has 2 aromatic rings. The SMILES string of the molecule is CCCNc1nc(C)cc(-n2ccc(C(=O)NC)n2)n1. The number of hydrogen-bond donors (Lipinski definition) is 2. The standard InChI is InChI=1S/C13H18N6O/c1-4-6-15-13-16-9(2)8-11(17-13)19-7-5-10(18-19)12(20)14-3/h5,7-8H,4,6H2,1-3H3,(H,14,20)(H,15,16,17). The van der Waals surface area contributed by atoms with Crippen LogP contribution in [0.15, 0.2) is 18.3 Å². The van der Waals surface area contributed by atoms with Gasteiger partial charge in [0.1, 0.15) is 0 Å². The molecule has 20 heavy (non-hydrogen) atoms. The van der Waals surface area contributed by atoms with Gasteiger partial charge in [0.2, 0.25) is 5.95 Å². The van der Waals surface area contributed by atoms with Crippen molar-refractivity contribution in [1.82, 2.24) is 25.1 Å². The van der Waals surface area contributed by atoms with Gasteiger partial charge in [-0.1, -0.05) is 6.92 Å². The number of hydrogen-bond acceptors (Lipinski definition) is 5. The summed E-state index contributed by atoms with van der Waals surface area (Å²) in [5.41, 5.74) is 1.19. The lowest BCUT2D eigenvalue weighted by Crippen LogP contribution is -2.18. The topological polar surface area (TPSA) is 84.7 Å². The van der Waals surface area contributed by atoms with Crippen molar-refractivity contribution in [2.24, 2.45) is 0 Å². The van der Waals surface area contributed by atoms with Crippen LogP contribution in [0.2, 0.25) is 0 Å². The normalized spacial score (nSPS) is 10.3. The minimum absolute atomic E-state index is 0.223. The van der Waals surface area contributed by atoms with E-state index in [1.54, 1.807) is 24.0 Å². The third kappa shape index (κ3) is 3.11. The Morgan fingerprint density at radius 1 is 1.40 bits per heavy atom. The molecule has 7 nitrogen and oxygen atoms in total. The fourth-order valence-corrected chi connectivity index (χ4v) is 1.69. The molecule has 0 fully saturated rings. The van der Waals surface area contributed by atoms with Crippen molar-refractivity contribution < 1.29 is 4.79 Å². The molecule has 0 bridgehead atoms. The molecule has 0 aromatic carbocycles. The first-order chi connectivity index (χ1) is 9.63. The first kappa shape index (κ1) is 14.0. The molecule has 0 unspecified atom stereocenters. The quantitative estimate of drug-likeness (QED) is 0.854. The number of carbonyl (C=O) groups is 1. The van der Waals surface area contributed by atoms with Gasteiger partial charge in [-0.2, -0.15) is 10.1 Å². The lowest BCUT2D eigenvalue weighted by atomic mass is 10.4. The summed E-state index contributed by atoms with van der Waals surface area (Å²) in [4.78, 5) is 20.2. The predicted molar refractivity (Wildman–Crippen MR) is 76.1 cm³/mol. The summed E-state index contributed by atoms with van der Waals surface area (Å²) in [6.45, 7) is 4.78. The zero-order valence-electron chi connectivity index (χ0n) is 11.8. The molecule has 2 rings (SSSR count). The smallest absolute Gasteiger partial charge is 0.271 e. The van der Waals surface area contributed by atoms with Crippen molar-refractivity contribution in [3.8, 4) is 5.82 Å². The van der Waals surface area contributed by atoms with E-state index in [0.717, 1.165) is 18.7 Å². The summed E-state index contributed by atoms with van der Waals surface area (Å²) in [6.07, 6.45) is 2.70. The zero-order valence-corrected chi connectivity index (χ0v) is 11.8. The van der Waals surface area contributed by atoms with Crippen molar-refractivity contribution in [2.75, 3.05) is 18.9 Å². The van der Waals surface area contributed by atoms with Crippen LogP contribution in [-0.2, 0) is 0 Å². The van der Waals surface area contributed by atoms with E-state index in [2.05, 4.69) is 32.6 Å². The van der Waals surface area contributed by atoms with E-state index in [4.69, 9.17) is 0 Å². The Morgan fingerprint density at radius 3 is 2.90 bits per heavy atom. The van der Waals surface area contributed by atoms with Crippen LogP contribution in [0.3, 0.4) is 0 Å². The number of aryl methyl sites for hydroxylation is 1. The molecule has 0 atom stereocenters. The van der Waals surface area contributed by atoms with Gasteiger partial charge in [0.15, 0.2) is 11.5 Å². The molecule has 2 heterocycles. The fourth-order valence-electron chi connectivity index (χ4n) is 1.69. The van der Waals surface area contributed by atoms with Gasteiger partial charge in [0.05, 0.1) is 0 Å². The second-order valence-electron chi connectivity index (χ2n) is 4.34. The third-order valence-corrected chi connectivity index (χ3v) is 2.66. The van der Waals surface area contributed by atoms with Gasteiger partial charge in [0.25, 0.3) is 5.91 Å². The average Bonchev–Trinajstić information content (AvgIpc) is 2.93. The van der Waals surface area contributed by atoms with Crippen LogP contribution in [-0.4, -0.2) is 39.2 Å². The Hall–Kier alpha value is -2.44. The number of anilines is 1. The molecular formula is C13H18N6O. The van der Waals surface area contributed by atoms with E-state index in [1.807, 2.05) is 13.0 Å². The lowest BCUT2D eigenvalue weighted by molar-refractivity contribution is 0.0957. The van der Waals surface area contributed by atoms with E-state index in [0.29, 0.717) is 17.5 Å². The third-order valence-electron chi connectivity index (χ3n) is 2.66. The molecule has 0 spiro atoms. The molecule has 2 N–H and O–H groups in total. The number of carbonyl (C=O) groups excluding carboxylic acids is 1. The highest BCUT2D eigenvalue weighted by molar-refractivity contribution is 5.91. The van der Waals surface area contributed by atoms with Gasteiger partial charge in [-0.05, 0) is 19.4 Å². The highest BCUT2D eigenvalue weighted by Gasteiger charge is 2.10. The highest BCUT2D eigenvalue weighted by atomic mass is 16.1. The minimum Gasteiger partial charge on any atom is -0.354 e. The van der Waals surface area contributed by atoms with Crippen LogP contribution < -0.4 is 10.6 Å². The van der Waals surface area contributed by atoms with E-state index < -0.39 is 0 Å². The molecule has 1 amide bonds. The van der Waals surface area contributed by atoms with Gasteiger partial charge in [-0.25, -0.2) is 9.67 Å². The van der Waals surface area contributed by atoms with E-state index >= 15 is 0 Å². The number of amides is 1. The van der Waals surface area contributed by atoms with E-state index in [1.165, 1.54) is 0 Å². The van der Waals surface area contributed by atoms with E-state index in [9.17, 15) is 4.79 Å². The van der Waals surface area contributed by atoms with Crippen LogP contribution in [0.25, 0.3) is 5.82 Å². The van der Waals surface area contributed by atoms with Gasteiger partial charge in [-0.15, -0.1) is 0 Å². The van der Waals surface area contributed by atoms with Crippen molar-refractivity contribution in [3.05, 3.63) is 29.7 Å². The number of nitrogens with zero attached hydrogens (tertiary/aromatic N) is 4. The molecule has 0 aliphatic heterocycles. The van der Waals surface area contributed by atoms with Gasteiger partial charge in [0, 0.05) is 31.5 Å². The van der Waals surface area contributed by atoms with Gasteiger partial charge < -0.3 is 10.6 Å². The second-order valence-corrected chi connectivity index (χ2v) is 4.34. The van der Waals surface area contributed by atoms with Crippen molar-refractivity contribution >= 4 is 11.9 Å². The molecule has 0 saturated carbocycles. The fraction of sp³-hybridized carbons (Fsp3) is 0.385. The monoisotopic (exact) mass is 274 g/mol. The average molecular weight is 274 g/mol.